The van der Waals surface area contributed by atoms with Crippen molar-refractivity contribution in [1.82, 2.24) is 10.3 Å². The molecule has 1 aromatic heterocycles. The van der Waals surface area contributed by atoms with Crippen LogP contribution in [0.4, 0.5) is 4.39 Å². The monoisotopic (exact) mass is 272 g/mol. The van der Waals surface area contributed by atoms with Crippen LogP contribution in [0.3, 0.4) is 0 Å². The zero-order chi connectivity index (χ0) is 14.4. The normalized spacial score (nSPS) is 12.3. The predicted molar refractivity (Wildman–Crippen MR) is 80.1 cm³/mol. The SMILES string of the molecule is CCNC(Cc1ccc(CC)cc1)c1cncc(F)c1. The minimum Gasteiger partial charge on any atom is -0.310 e. The molecule has 1 N–H and O–H groups in total. The van der Waals surface area contributed by atoms with Crippen LogP contribution in [-0.4, -0.2) is 11.5 Å². The number of hydrogen-bond acceptors (Lipinski definition) is 2. The van der Waals surface area contributed by atoms with Crippen LogP contribution < -0.4 is 5.32 Å². The van der Waals surface area contributed by atoms with Crippen LogP contribution in [0, 0.1) is 5.82 Å². The van der Waals surface area contributed by atoms with Crippen LogP contribution in [0.2, 0.25) is 0 Å². The van der Waals surface area contributed by atoms with Crippen LogP contribution in [0.1, 0.15) is 36.6 Å². The summed E-state index contributed by atoms with van der Waals surface area (Å²) < 4.78 is 13.3. The third kappa shape index (κ3) is 3.87. The van der Waals surface area contributed by atoms with Gasteiger partial charge in [-0.2, -0.15) is 0 Å². The molecule has 0 aliphatic heterocycles. The summed E-state index contributed by atoms with van der Waals surface area (Å²) in [5.41, 5.74) is 3.48. The lowest BCUT2D eigenvalue weighted by atomic mass is 9.99. The van der Waals surface area contributed by atoms with Crippen molar-refractivity contribution in [3.05, 3.63) is 65.2 Å². The Kier molecular flexibility index (Phi) is 5.24. The Labute approximate surface area is 120 Å². The molecule has 0 saturated carbocycles. The average molecular weight is 272 g/mol. The van der Waals surface area contributed by atoms with Crippen molar-refractivity contribution in [1.29, 1.82) is 0 Å². The molecule has 1 atom stereocenters. The van der Waals surface area contributed by atoms with Gasteiger partial charge in [0, 0.05) is 12.2 Å². The van der Waals surface area contributed by atoms with Gasteiger partial charge < -0.3 is 5.32 Å². The lowest BCUT2D eigenvalue weighted by Gasteiger charge is -2.18. The van der Waals surface area contributed by atoms with Gasteiger partial charge in [0.1, 0.15) is 5.82 Å². The molecule has 0 spiro atoms. The highest BCUT2D eigenvalue weighted by Crippen LogP contribution is 2.19. The molecule has 0 bridgehead atoms. The number of hydrogen-bond donors (Lipinski definition) is 1. The molecule has 2 rings (SSSR count). The van der Waals surface area contributed by atoms with E-state index in [2.05, 4.69) is 48.4 Å². The average Bonchev–Trinajstić information content (AvgIpc) is 2.47. The van der Waals surface area contributed by atoms with Gasteiger partial charge in [0.15, 0.2) is 0 Å². The van der Waals surface area contributed by atoms with Gasteiger partial charge in [-0.3, -0.25) is 4.98 Å². The summed E-state index contributed by atoms with van der Waals surface area (Å²) in [6, 6.07) is 10.3. The Hall–Kier alpha value is -1.74. The fraction of sp³-hybridized carbons (Fsp3) is 0.353. The van der Waals surface area contributed by atoms with E-state index in [1.54, 1.807) is 12.3 Å². The van der Waals surface area contributed by atoms with Gasteiger partial charge in [-0.25, -0.2) is 4.39 Å². The van der Waals surface area contributed by atoms with Crippen molar-refractivity contribution in [2.24, 2.45) is 0 Å². The molecule has 0 aliphatic rings. The first-order valence-electron chi connectivity index (χ1n) is 7.14. The number of aromatic nitrogens is 1. The largest absolute Gasteiger partial charge is 0.310 e. The number of pyridine rings is 1. The smallest absolute Gasteiger partial charge is 0.141 e. The molecule has 0 saturated heterocycles. The lowest BCUT2D eigenvalue weighted by Crippen LogP contribution is -2.23. The van der Waals surface area contributed by atoms with E-state index in [0.717, 1.165) is 24.9 Å². The first kappa shape index (κ1) is 14.7. The zero-order valence-corrected chi connectivity index (χ0v) is 12.1. The minimum atomic E-state index is -0.285. The summed E-state index contributed by atoms with van der Waals surface area (Å²) in [5.74, 6) is -0.285. The Balaban J connectivity index is 2.16. The fourth-order valence-electron chi connectivity index (χ4n) is 2.32. The zero-order valence-electron chi connectivity index (χ0n) is 12.1. The van der Waals surface area contributed by atoms with Crippen molar-refractivity contribution in [2.75, 3.05) is 6.54 Å². The Morgan fingerprint density at radius 1 is 1.10 bits per heavy atom. The molecule has 1 unspecified atom stereocenters. The van der Waals surface area contributed by atoms with Crippen molar-refractivity contribution in [2.45, 2.75) is 32.7 Å². The number of likely N-dealkylation sites (N-methyl/N-ethyl adjacent to an activating group) is 1. The summed E-state index contributed by atoms with van der Waals surface area (Å²) in [7, 11) is 0. The summed E-state index contributed by atoms with van der Waals surface area (Å²) in [6.45, 7) is 5.04. The standard InChI is InChI=1S/C17H21FN2/c1-3-13-5-7-14(8-6-13)9-17(20-4-2)15-10-16(18)12-19-11-15/h5-8,10-12,17,20H,3-4,9H2,1-2H3. The maximum absolute atomic E-state index is 13.3. The third-order valence-electron chi connectivity index (χ3n) is 3.45. The van der Waals surface area contributed by atoms with E-state index in [1.807, 2.05) is 0 Å². The van der Waals surface area contributed by atoms with Crippen LogP contribution in [-0.2, 0) is 12.8 Å². The molecule has 3 heteroatoms. The fourth-order valence-corrected chi connectivity index (χ4v) is 2.32. The highest BCUT2D eigenvalue weighted by molar-refractivity contribution is 5.25. The minimum absolute atomic E-state index is 0.0932. The van der Waals surface area contributed by atoms with Gasteiger partial charge >= 0.3 is 0 Å². The molecule has 0 amide bonds. The maximum Gasteiger partial charge on any atom is 0.141 e. The highest BCUT2D eigenvalue weighted by atomic mass is 19.1. The van der Waals surface area contributed by atoms with Gasteiger partial charge in [0.05, 0.1) is 6.20 Å². The summed E-state index contributed by atoms with van der Waals surface area (Å²) in [6.07, 6.45) is 4.85. The van der Waals surface area contributed by atoms with E-state index in [0.29, 0.717) is 0 Å². The number of nitrogens with one attached hydrogen (secondary N) is 1. The molecule has 1 heterocycles. The van der Waals surface area contributed by atoms with Gasteiger partial charge in [-0.1, -0.05) is 38.1 Å². The molecule has 0 aliphatic carbocycles. The first-order valence-corrected chi connectivity index (χ1v) is 7.14. The molecule has 1 aromatic carbocycles. The van der Waals surface area contributed by atoms with Crippen molar-refractivity contribution in [3.8, 4) is 0 Å². The Morgan fingerprint density at radius 3 is 2.40 bits per heavy atom. The van der Waals surface area contributed by atoms with Crippen molar-refractivity contribution >= 4 is 0 Å². The number of benzene rings is 1. The molecule has 2 aromatic rings. The molecule has 0 fully saturated rings. The second-order valence-electron chi connectivity index (χ2n) is 4.92. The molecule has 20 heavy (non-hydrogen) atoms. The Bertz CT molecular complexity index is 537. The van der Waals surface area contributed by atoms with Gasteiger partial charge in [-0.05, 0) is 42.1 Å². The van der Waals surface area contributed by atoms with E-state index < -0.39 is 0 Å². The van der Waals surface area contributed by atoms with Crippen LogP contribution in [0.5, 0.6) is 0 Å². The van der Waals surface area contributed by atoms with E-state index in [9.17, 15) is 4.39 Å². The Morgan fingerprint density at radius 2 is 1.80 bits per heavy atom. The van der Waals surface area contributed by atoms with Crippen molar-refractivity contribution in [3.63, 3.8) is 0 Å². The maximum atomic E-state index is 13.3. The second-order valence-corrected chi connectivity index (χ2v) is 4.92. The quantitative estimate of drug-likeness (QED) is 0.867. The third-order valence-corrected chi connectivity index (χ3v) is 3.45. The molecular formula is C17H21FN2. The first-order chi connectivity index (χ1) is 9.72. The van der Waals surface area contributed by atoms with Crippen LogP contribution >= 0.6 is 0 Å². The summed E-state index contributed by atoms with van der Waals surface area (Å²) in [5, 5.41) is 3.40. The predicted octanol–water partition coefficient (Wildman–Crippen LogP) is 3.68. The van der Waals surface area contributed by atoms with E-state index in [1.165, 1.54) is 17.3 Å². The number of aryl methyl sites for hydroxylation is 1. The highest BCUT2D eigenvalue weighted by Gasteiger charge is 2.12. The number of nitrogens with zero attached hydrogens (tertiary/aromatic N) is 1. The van der Waals surface area contributed by atoms with E-state index in [4.69, 9.17) is 0 Å². The molecular weight excluding hydrogens is 251 g/mol. The van der Waals surface area contributed by atoms with Gasteiger partial charge in [-0.15, -0.1) is 0 Å². The summed E-state index contributed by atoms with van der Waals surface area (Å²) >= 11 is 0. The van der Waals surface area contributed by atoms with Crippen molar-refractivity contribution < 1.29 is 4.39 Å². The topological polar surface area (TPSA) is 24.9 Å². The van der Waals surface area contributed by atoms with Gasteiger partial charge in [0.25, 0.3) is 0 Å². The summed E-state index contributed by atoms with van der Waals surface area (Å²) in [4.78, 5) is 3.94. The number of halogens is 1. The van der Waals surface area contributed by atoms with E-state index >= 15 is 0 Å². The molecule has 2 nitrogen and oxygen atoms in total. The molecule has 106 valence electrons. The van der Waals surface area contributed by atoms with Crippen LogP contribution in [0.15, 0.2) is 42.7 Å². The van der Waals surface area contributed by atoms with Gasteiger partial charge in [0.2, 0.25) is 0 Å². The molecule has 0 radical (unpaired) electrons. The lowest BCUT2D eigenvalue weighted by molar-refractivity contribution is 0.539. The number of rotatable bonds is 6. The van der Waals surface area contributed by atoms with Crippen LogP contribution in [0.25, 0.3) is 0 Å². The second kappa shape index (κ2) is 7.15. The van der Waals surface area contributed by atoms with E-state index in [-0.39, 0.29) is 11.9 Å².